The van der Waals surface area contributed by atoms with Crippen molar-refractivity contribution in [1.29, 1.82) is 0 Å². The molecule has 0 aromatic heterocycles. The third-order valence-electron chi connectivity index (χ3n) is 1.64. The maximum atomic E-state index is 9.69. The first-order valence-electron chi connectivity index (χ1n) is 4.52. The fraction of sp³-hybridized carbons (Fsp3) is 0.800. The Balaban J connectivity index is 3.53. The molecule has 1 atom stereocenters. The first-order chi connectivity index (χ1) is 5.48. The summed E-state index contributed by atoms with van der Waals surface area (Å²) in [5, 5.41) is 12.9. The highest BCUT2D eigenvalue weighted by Gasteiger charge is 2.17. The number of hydrogen-bond donors (Lipinski definition) is 2. The van der Waals surface area contributed by atoms with Crippen LogP contribution in [0.3, 0.4) is 0 Å². The van der Waals surface area contributed by atoms with Gasteiger partial charge < -0.3 is 10.4 Å². The Kier molecular flexibility index (Phi) is 5.18. The van der Waals surface area contributed by atoms with Crippen LogP contribution in [0.25, 0.3) is 0 Å². The van der Waals surface area contributed by atoms with E-state index in [2.05, 4.69) is 25.7 Å². The van der Waals surface area contributed by atoms with Crippen molar-refractivity contribution in [3.05, 3.63) is 12.7 Å². The lowest BCUT2D eigenvalue weighted by atomic mass is 10.0. The Morgan fingerprint density at radius 1 is 1.58 bits per heavy atom. The van der Waals surface area contributed by atoms with Gasteiger partial charge in [0.25, 0.3) is 0 Å². The van der Waals surface area contributed by atoms with E-state index in [9.17, 15) is 5.11 Å². The van der Waals surface area contributed by atoms with E-state index in [0.29, 0.717) is 18.9 Å². The van der Waals surface area contributed by atoms with Crippen LogP contribution in [0.4, 0.5) is 0 Å². The van der Waals surface area contributed by atoms with Crippen molar-refractivity contribution in [2.75, 3.05) is 13.1 Å². The van der Waals surface area contributed by atoms with E-state index >= 15 is 0 Å². The summed E-state index contributed by atoms with van der Waals surface area (Å²) in [6.07, 6.45) is 2.38. The van der Waals surface area contributed by atoms with Gasteiger partial charge in [0.2, 0.25) is 0 Å². The summed E-state index contributed by atoms with van der Waals surface area (Å²) in [4.78, 5) is 0. The van der Waals surface area contributed by atoms with Crippen molar-refractivity contribution < 1.29 is 5.11 Å². The van der Waals surface area contributed by atoms with E-state index in [1.165, 1.54) is 0 Å². The van der Waals surface area contributed by atoms with Gasteiger partial charge in [-0.25, -0.2) is 0 Å². The predicted octanol–water partition coefficient (Wildman–Crippen LogP) is 1.56. The minimum absolute atomic E-state index is 0.629. The molecule has 2 nitrogen and oxygen atoms in total. The summed E-state index contributed by atoms with van der Waals surface area (Å²) >= 11 is 0. The minimum Gasteiger partial charge on any atom is -0.389 e. The Hall–Kier alpha value is -0.340. The van der Waals surface area contributed by atoms with Gasteiger partial charge in [0, 0.05) is 6.54 Å². The second-order valence-corrected chi connectivity index (χ2v) is 4.01. The lowest BCUT2D eigenvalue weighted by Crippen LogP contribution is -2.38. The number of aliphatic hydroxyl groups is 1. The quantitative estimate of drug-likeness (QED) is 0.594. The third-order valence-corrected chi connectivity index (χ3v) is 1.64. The normalized spacial score (nSPS) is 16.1. The molecule has 0 saturated heterocycles. The molecular formula is C10H21NO. The topological polar surface area (TPSA) is 32.3 Å². The van der Waals surface area contributed by atoms with Gasteiger partial charge in [0.05, 0.1) is 5.60 Å². The van der Waals surface area contributed by atoms with E-state index in [1.54, 1.807) is 6.08 Å². The van der Waals surface area contributed by atoms with Gasteiger partial charge in [-0.05, 0) is 25.8 Å². The Labute approximate surface area is 75.7 Å². The average Bonchev–Trinajstić information content (AvgIpc) is 1.85. The minimum atomic E-state index is -0.642. The van der Waals surface area contributed by atoms with E-state index in [-0.39, 0.29) is 0 Å². The fourth-order valence-electron chi connectivity index (χ4n) is 1.01. The molecule has 12 heavy (non-hydrogen) atoms. The molecule has 0 radical (unpaired) electrons. The summed E-state index contributed by atoms with van der Waals surface area (Å²) < 4.78 is 0. The van der Waals surface area contributed by atoms with Gasteiger partial charge in [-0.3, -0.25) is 0 Å². The second-order valence-electron chi connectivity index (χ2n) is 4.01. The van der Waals surface area contributed by atoms with Crippen LogP contribution in [0.5, 0.6) is 0 Å². The molecule has 2 N–H and O–H groups in total. The Morgan fingerprint density at radius 2 is 2.17 bits per heavy atom. The van der Waals surface area contributed by atoms with Crippen molar-refractivity contribution in [1.82, 2.24) is 5.32 Å². The molecule has 0 aliphatic rings. The standard InChI is InChI=1S/C10H21NO/c1-5-6-10(4,12)8-11-7-9(2)3/h5,9,11-12H,1,6-8H2,2-4H3. The van der Waals surface area contributed by atoms with Crippen LogP contribution < -0.4 is 5.32 Å². The number of hydrogen-bond acceptors (Lipinski definition) is 2. The van der Waals surface area contributed by atoms with Crippen LogP contribution in [0.2, 0.25) is 0 Å². The smallest absolute Gasteiger partial charge is 0.0777 e. The van der Waals surface area contributed by atoms with Gasteiger partial charge in [0.1, 0.15) is 0 Å². The molecule has 0 fully saturated rings. The Bertz CT molecular complexity index is 130. The van der Waals surface area contributed by atoms with Crippen molar-refractivity contribution >= 4 is 0 Å². The summed E-state index contributed by atoms with van der Waals surface area (Å²) in [6.45, 7) is 11.3. The van der Waals surface area contributed by atoms with Crippen LogP contribution in [-0.2, 0) is 0 Å². The molecule has 1 unspecified atom stereocenters. The van der Waals surface area contributed by atoms with E-state index < -0.39 is 5.60 Å². The lowest BCUT2D eigenvalue weighted by Gasteiger charge is -2.22. The second kappa shape index (κ2) is 5.33. The van der Waals surface area contributed by atoms with Gasteiger partial charge >= 0.3 is 0 Å². The molecule has 0 amide bonds. The molecule has 0 aliphatic carbocycles. The predicted molar refractivity (Wildman–Crippen MR) is 53.1 cm³/mol. The summed E-state index contributed by atoms with van der Waals surface area (Å²) in [5.74, 6) is 0.629. The van der Waals surface area contributed by atoms with Gasteiger partial charge in [0.15, 0.2) is 0 Å². The summed E-state index contributed by atoms with van der Waals surface area (Å²) in [7, 11) is 0. The largest absolute Gasteiger partial charge is 0.389 e. The van der Waals surface area contributed by atoms with Crippen molar-refractivity contribution in [3.63, 3.8) is 0 Å². The summed E-state index contributed by atoms with van der Waals surface area (Å²) in [5.41, 5.74) is -0.642. The molecule has 0 aliphatic heterocycles. The van der Waals surface area contributed by atoms with Crippen molar-refractivity contribution in [2.24, 2.45) is 5.92 Å². The van der Waals surface area contributed by atoms with E-state index in [4.69, 9.17) is 0 Å². The van der Waals surface area contributed by atoms with Crippen LogP contribution in [0.15, 0.2) is 12.7 Å². The lowest BCUT2D eigenvalue weighted by molar-refractivity contribution is 0.0624. The highest BCUT2D eigenvalue weighted by molar-refractivity contribution is 4.84. The van der Waals surface area contributed by atoms with Gasteiger partial charge in [-0.15, -0.1) is 6.58 Å². The van der Waals surface area contributed by atoms with Crippen LogP contribution in [0.1, 0.15) is 27.2 Å². The van der Waals surface area contributed by atoms with E-state index in [1.807, 2.05) is 6.92 Å². The monoisotopic (exact) mass is 171 g/mol. The van der Waals surface area contributed by atoms with Gasteiger partial charge in [-0.1, -0.05) is 19.9 Å². The molecule has 0 aromatic rings. The zero-order valence-electron chi connectivity index (χ0n) is 8.43. The highest BCUT2D eigenvalue weighted by atomic mass is 16.3. The molecule has 0 heterocycles. The van der Waals surface area contributed by atoms with Crippen molar-refractivity contribution in [3.8, 4) is 0 Å². The number of nitrogens with one attached hydrogen (secondary N) is 1. The first kappa shape index (κ1) is 11.7. The van der Waals surface area contributed by atoms with Gasteiger partial charge in [-0.2, -0.15) is 0 Å². The molecule has 0 bridgehead atoms. The molecule has 0 rings (SSSR count). The first-order valence-corrected chi connectivity index (χ1v) is 4.52. The maximum absolute atomic E-state index is 9.69. The zero-order valence-corrected chi connectivity index (χ0v) is 8.43. The zero-order chi connectivity index (χ0) is 9.61. The molecule has 0 spiro atoms. The Morgan fingerprint density at radius 3 is 2.58 bits per heavy atom. The van der Waals surface area contributed by atoms with E-state index in [0.717, 1.165) is 6.54 Å². The molecule has 72 valence electrons. The van der Waals surface area contributed by atoms with Crippen molar-refractivity contribution in [2.45, 2.75) is 32.8 Å². The fourth-order valence-corrected chi connectivity index (χ4v) is 1.01. The van der Waals surface area contributed by atoms with Crippen LogP contribution in [-0.4, -0.2) is 23.8 Å². The molecule has 0 aromatic carbocycles. The maximum Gasteiger partial charge on any atom is 0.0777 e. The SMILES string of the molecule is C=CCC(C)(O)CNCC(C)C. The highest BCUT2D eigenvalue weighted by Crippen LogP contribution is 2.07. The third kappa shape index (κ3) is 6.38. The molecule has 0 saturated carbocycles. The number of rotatable bonds is 6. The summed E-state index contributed by atoms with van der Waals surface area (Å²) in [6, 6.07) is 0. The average molecular weight is 171 g/mol. The molecular weight excluding hydrogens is 150 g/mol. The van der Waals surface area contributed by atoms with Crippen LogP contribution >= 0.6 is 0 Å². The van der Waals surface area contributed by atoms with Crippen LogP contribution in [0, 0.1) is 5.92 Å². The molecule has 2 heteroatoms.